The molecule has 4 nitrogen and oxygen atoms in total. The molecule has 6 heteroatoms. The molecule has 0 aliphatic heterocycles. The fourth-order valence-electron chi connectivity index (χ4n) is 3.51. The molecule has 0 amide bonds. The van der Waals surface area contributed by atoms with Crippen molar-refractivity contribution >= 4 is 5.97 Å². The zero-order valence-electron chi connectivity index (χ0n) is 13.6. The summed E-state index contributed by atoms with van der Waals surface area (Å²) in [6.07, 6.45) is 3.86. The molecular formula is C17H24F2N2O2. The summed E-state index contributed by atoms with van der Waals surface area (Å²) in [5.41, 5.74) is 4.58. The first-order chi connectivity index (χ1) is 10.7. The minimum Gasteiger partial charge on any atom is -0.480 e. The zero-order valence-corrected chi connectivity index (χ0v) is 13.6. The Morgan fingerprint density at radius 1 is 1.26 bits per heavy atom. The van der Waals surface area contributed by atoms with E-state index in [1.807, 2.05) is 0 Å². The van der Waals surface area contributed by atoms with Crippen molar-refractivity contribution in [2.24, 2.45) is 5.73 Å². The molecule has 128 valence electrons. The number of likely N-dealkylation sites (N-methyl/N-ethyl adjacent to an activating group) is 1. The largest absolute Gasteiger partial charge is 0.480 e. The first-order valence-electron chi connectivity index (χ1n) is 7.87. The van der Waals surface area contributed by atoms with E-state index in [2.05, 4.69) is 0 Å². The van der Waals surface area contributed by atoms with Crippen LogP contribution in [0.5, 0.6) is 0 Å². The number of nitrogens with two attached hydrogens (primary N) is 1. The molecular weight excluding hydrogens is 302 g/mol. The minimum absolute atomic E-state index is 0.197. The van der Waals surface area contributed by atoms with Crippen LogP contribution in [0.1, 0.15) is 44.6 Å². The highest BCUT2D eigenvalue weighted by Gasteiger charge is 2.45. The molecule has 1 aromatic carbocycles. The third-order valence-electron chi connectivity index (χ3n) is 4.90. The second-order valence-electron chi connectivity index (χ2n) is 6.83. The molecule has 0 spiro atoms. The maximum atomic E-state index is 13.5. The predicted octanol–water partition coefficient (Wildman–Crippen LogP) is 2.86. The van der Waals surface area contributed by atoms with E-state index in [9.17, 15) is 18.7 Å². The standard InChI is InChI=1S/C17H24F2N2O2/c1-16(20,12-8-13(18)10-14(19)9-12)11-21(2)17(15(22)23)6-4-3-5-7-17/h8-10H,3-7,11,20H2,1-2H3,(H,22,23). The number of carboxylic acids is 1. The highest BCUT2D eigenvalue weighted by molar-refractivity contribution is 5.79. The number of carboxylic acid groups (broad SMARTS) is 1. The van der Waals surface area contributed by atoms with Crippen LogP contribution in [0.3, 0.4) is 0 Å². The van der Waals surface area contributed by atoms with Gasteiger partial charge in [-0.25, -0.2) is 8.78 Å². The number of carbonyl (C=O) groups is 1. The Bertz CT molecular complexity index is 564. The Hall–Kier alpha value is -1.53. The number of hydrogen-bond acceptors (Lipinski definition) is 3. The summed E-state index contributed by atoms with van der Waals surface area (Å²) in [6.45, 7) is 1.86. The van der Waals surface area contributed by atoms with Crippen LogP contribution in [0.4, 0.5) is 8.78 Å². The lowest BCUT2D eigenvalue weighted by atomic mass is 9.79. The van der Waals surface area contributed by atoms with Crippen molar-refractivity contribution in [2.45, 2.75) is 50.1 Å². The van der Waals surface area contributed by atoms with Gasteiger partial charge in [-0.2, -0.15) is 0 Å². The maximum absolute atomic E-state index is 13.5. The van der Waals surface area contributed by atoms with Gasteiger partial charge < -0.3 is 10.8 Å². The SMILES string of the molecule is CN(CC(C)(N)c1cc(F)cc(F)c1)C1(C(=O)O)CCCCC1. The topological polar surface area (TPSA) is 66.6 Å². The van der Waals surface area contributed by atoms with Crippen LogP contribution < -0.4 is 5.73 Å². The molecule has 0 aromatic heterocycles. The number of rotatable bonds is 5. The lowest BCUT2D eigenvalue weighted by Crippen LogP contribution is -2.58. The third-order valence-corrected chi connectivity index (χ3v) is 4.90. The number of halogens is 2. The Kier molecular flexibility index (Phi) is 5.06. The molecule has 23 heavy (non-hydrogen) atoms. The van der Waals surface area contributed by atoms with Crippen LogP contribution in [-0.2, 0) is 10.3 Å². The van der Waals surface area contributed by atoms with Crippen LogP contribution in [0.25, 0.3) is 0 Å². The molecule has 1 aliphatic rings. The van der Waals surface area contributed by atoms with Gasteiger partial charge in [-0.15, -0.1) is 0 Å². The first kappa shape index (κ1) is 17.8. The van der Waals surface area contributed by atoms with Crippen molar-refractivity contribution in [1.29, 1.82) is 0 Å². The fourth-order valence-corrected chi connectivity index (χ4v) is 3.51. The molecule has 1 aromatic rings. The van der Waals surface area contributed by atoms with Gasteiger partial charge in [-0.1, -0.05) is 19.3 Å². The van der Waals surface area contributed by atoms with E-state index in [0.717, 1.165) is 25.3 Å². The van der Waals surface area contributed by atoms with Gasteiger partial charge in [0, 0.05) is 12.6 Å². The van der Waals surface area contributed by atoms with Gasteiger partial charge in [-0.05, 0) is 44.5 Å². The van der Waals surface area contributed by atoms with Crippen LogP contribution in [-0.4, -0.2) is 35.1 Å². The summed E-state index contributed by atoms with van der Waals surface area (Å²) in [5, 5.41) is 9.71. The van der Waals surface area contributed by atoms with Gasteiger partial charge in [0.2, 0.25) is 0 Å². The summed E-state index contributed by atoms with van der Waals surface area (Å²) < 4.78 is 26.9. The Morgan fingerprint density at radius 2 is 1.78 bits per heavy atom. The van der Waals surface area contributed by atoms with Crippen molar-refractivity contribution in [3.8, 4) is 0 Å². The van der Waals surface area contributed by atoms with Gasteiger partial charge in [0.1, 0.15) is 17.2 Å². The maximum Gasteiger partial charge on any atom is 0.324 e. The van der Waals surface area contributed by atoms with E-state index in [4.69, 9.17) is 5.73 Å². The van der Waals surface area contributed by atoms with Crippen LogP contribution in [0.2, 0.25) is 0 Å². The Labute approximate surface area is 135 Å². The monoisotopic (exact) mass is 326 g/mol. The molecule has 1 fully saturated rings. The zero-order chi connectivity index (χ0) is 17.3. The number of benzene rings is 1. The van der Waals surface area contributed by atoms with Crippen LogP contribution in [0, 0.1) is 11.6 Å². The lowest BCUT2D eigenvalue weighted by molar-refractivity contribution is -0.153. The molecule has 3 N–H and O–H groups in total. The van der Waals surface area contributed by atoms with E-state index in [0.29, 0.717) is 18.4 Å². The van der Waals surface area contributed by atoms with E-state index in [-0.39, 0.29) is 6.54 Å². The van der Waals surface area contributed by atoms with Gasteiger partial charge >= 0.3 is 5.97 Å². The quantitative estimate of drug-likeness (QED) is 0.873. The van der Waals surface area contributed by atoms with Crippen molar-refractivity contribution in [2.75, 3.05) is 13.6 Å². The molecule has 2 rings (SSSR count). The molecule has 0 heterocycles. The minimum atomic E-state index is -1.06. The normalized spacial score (nSPS) is 20.3. The van der Waals surface area contributed by atoms with Crippen LogP contribution >= 0.6 is 0 Å². The molecule has 0 radical (unpaired) electrons. The number of hydrogen-bond donors (Lipinski definition) is 2. The number of nitrogens with zero attached hydrogens (tertiary/aromatic N) is 1. The summed E-state index contributed by atoms with van der Waals surface area (Å²) in [5.74, 6) is -2.24. The molecule has 1 aliphatic carbocycles. The van der Waals surface area contributed by atoms with Gasteiger partial charge in [-0.3, -0.25) is 9.69 Å². The second kappa shape index (κ2) is 6.53. The van der Waals surface area contributed by atoms with E-state index in [1.54, 1.807) is 18.9 Å². The highest BCUT2D eigenvalue weighted by Crippen LogP contribution is 2.35. The number of aliphatic carboxylic acids is 1. The molecule has 1 atom stereocenters. The molecule has 1 saturated carbocycles. The molecule has 0 bridgehead atoms. The van der Waals surface area contributed by atoms with E-state index >= 15 is 0 Å². The average Bonchev–Trinajstić information content (AvgIpc) is 2.46. The summed E-state index contributed by atoms with van der Waals surface area (Å²) in [4.78, 5) is 13.6. The summed E-state index contributed by atoms with van der Waals surface area (Å²) in [6, 6.07) is 3.19. The second-order valence-corrected chi connectivity index (χ2v) is 6.83. The Morgan fingerprint density at radius 3 is 2.26 bits per heavy atom. The summed E-state index contributed by atoms with van der Waals surface area (Å²) in [7, 11) is 1.72. The highest BCUT2D eigenvalue weighted by atomic mass is 19.1. The smallest absolute Gasteiger partial charge is 0.324 e. The third kappa shape index (κ3) is 3.70. The van der Waals surface area contributed by atoms with Crippen molar-refractivity contribution in [3.05, 3.63) is 35.4 Å². The van der Waals surface area contributed by atoms with E-state index < -0.39 is 28.7 Å². The van der Waals surface area contributed by atoms with Crippen molar-refractivity contribution < 1.29 is 18.7 Å². The predicted molar refractivity (Wildman–Crippen MR) is 84.0 cm³/mol. The van der Waals surface area contributed by atoms with Gasteiger partial charge in [0.15, 0.2) is 0 Å². The van der Waals surface area contributed by atoms with E-state index in [1.165, 1.54) is 12.1 Å². The fraction of sp³-hybridized carbons (Fsp3) is 0.588. The molecule has 0 saturated heterocycles. The van der Waals surface area contributed by atoms with Crippen molar-refractivity contribution in [1.82, 2.24) is 4.90 Å². The molecule has 1 unspecified atom stereocenters. The summed E-state index contributed by atoms with van der Waals surface area (Å²) >= 11 is 0. The van der Waals surface area contributed by atoms with Crippen LogP contribution in [0.15, 0.2) is 18.2 Å². The Balaban J connectivity index is 2.25. The average molecular weight is 326 g/mol. The van der Waals surface area contributed by atoms with Gasteiger partial charge in [0.25, 0.3) is 0 Å². The lowest BCUT2D eigenvalue weighted by Gasteiger charge is -2.44. The van der Waals surface area contributed by atoms with Crippen molar-refractivity contribution in [3.63, 3.8) is 0 Å². The first-order valence-corrected chi connectivity index (χ1v) is 7.87. The van der Waals surface area contributed by atoms with Gasteiger partial charge in [0.05, 0.1) is 5.54 Å².